The molecule has 0 aliphatic rings. The van der Waals surface area contributed by atoms with E-state index in [0.717, 1.165) is 5.56 Å². The first-order valence-electron chi connectivity index (χ1n) is 7.02. The molecule has 0 spiro atoms. The third kappa shape index (κ3) is 3.03. The van der Waals surface area contributed by atoms with Gasteiger partial charge in [0.25, 0.3) is 0 Å². The molecule has 114 valence electrons. The van der Waals surface area contributed by atoms with E-state index in [4.69, 9.17) is 5.11 Å². The SMILES string of the molecule is Cc1ccc(N=Nc2c(O)ccc3cc(C(=O)O)ccc23)cc1. The van der Waals surface area contributed by atoms with Crippen LogP contribution in [0, 0.1) is 6.92 Å². The van der Waals surface area contributed by atoms with E-state index in [1.165, 1.54) is 12.1 Å². The molecule has 0 saturated carbocycles. The highest BCUT2D eigenvalue weighted by Gasteiger charge is 2.09. The molecule has 0 aromatic heterocycles. The Kier molecular flexibility index (Phi) is 3.76. The third-order valence-corrected chi connectivity index (χ3v) is 3.52. The number of carbonyl (C=O) groups is 1. The molecule has 0 atom stereocenters. The predicted molar refractivity (Wildman–Crippen MR) is 87.9 cm³/mol. The lowest BCUT2D eigenvalue weighted by Crippen LogP contribution is -1.95. The lowest BCUT2D eigenvalue weighted by atomic mass is 10.1. The van der Waals surface area contributed by atoms with Crippen LogP contribution in [0.4, 0.5) is 11.4 Å². The first-order chi connectivity index (χ1) is 11.0. The summed E-state index contributed by atoms with van der Waals surface area (Å²) < 4.78 is 0. The van der Waals surface area contributed by atoms with E-state index >= 15 is 0 Å². The zero-order valence-electron chi connectivity index (χ0n) is 12.4. The molecule has 0 amide bonds. The summed E-state index contributed by atoms with van der Waals surface area (Å²) in [7, 11) is 0. The van der Waals surface area contributed by atoms with Gasteiger partial charge in [0.1, 0.15) is 11.4 Å². The number of aryl methyl sites for hydroxylation is 1. The number of nitrogens with zero attached hydrogens (tertiary/aromatic N) is 2. The van der Waals surface area contributed by atoms with E-state index in [-0.39, 0.29) is 11.3 Å². The molecule has 23 heavy (non-hydrogen) atoms. The summed E-state index contributed by atoms with van der Waals surface area (Å²) in [4.78, 5) is 11.0. The quantitative estimate of drug-likeness (QED) is 0.670. The van der Waals surface area contributed by atoms with Crippen molar-refractivity contribution in [2.24, 2.45) is 10.2 Å². The molecule has 0 unspecified atom stereocenters. The van der Waals surface area contributed by atoms with Crippen molar-refractivity contribution in [3.05, 3.63) is 65.7 Å². The number of aromatic carboxylic acids is 1. The van der Waals surface area contributed by atoms with E-state index in [1.54, 1.807) is 18.2 Å². The van der Waals surface area contributed by atoms with Crippen LogP contribution in [0.15, 0.2) is 64.8 Å². The van der Waals surface area contributed by atoms with Crippen LogP contribution in [0.25, 0.3) is 10.8 Å². The highest BCUT2D eigenvalue weighted by molar-refractivity contribution is 6.00. The van der Waals surface area contributed by atoms with Crippen LogP contribution in [0.1, 0.15) is 15.9 Å². The van der Waals surface area contributed by atoms with E-state index in [9.17, 15) is 9.90 Å². The number of hydrogen-bond acceptors (Lipinski definition) is 4. The summed E-state index contributed by atoms with van der Waals surface area (Å²) in [6, 6.07) is 15.3. The fraction of sp³-hybridized carbons (Fsp3) is 0.0556. The summed E-state index contributed by atoms with van der Waals surface area (Å²) in [5.74, 6) is -1.00. The van der Waals surface area contributed by atoms with Crippen LogP contribution in [-0.4, -0.2) is 16.2 Å². The molecule has 5 nitrogen and oxygen atoms in total. The van der Waals surface area contributed by atoms with Gasteiger partial charge in [0, 0.05) is 5.39 Å². The zero-order chi connectivity index (χ0) is 16.4. The van der Waals surface area contributed by atoms with Gasteiger partial charge < -0.3 is 10.2 Å². The molecule has 0 fully saturated rings. The van der Waals surface area contributed by atoms with Crippen LogP contribution in [0.2, 0.25) is 0 Å². The Morgan fingerprint density at radius 1 is 0.957 bits per heavy atom. The van der Waals surface area contributed by atoms with Gasteiger partial charge >= 0.3 is 5.97 Å². The van der Waals surface area contributed by atoms with Crippen molar-refractivity contribution in [2.75, 3.05) is 0 Å². The van der Waals surface area contributed by atoms with Crippen LogP contribution < -0.4 is 0 Å². The van der Waals surface area contributed by atoms with Gasteiger partial charge in [-0.3, -0.25) is 0 Å². The van der Waals surface area contributed by atoms with E-state index in [0.29, 0.717) is 22.1 Å². The van der Waals surface area contributed by atoms with Crippen molar-refractivity contribution in [1.29, 1.82) is 0 Å². The number of hydrogen-bond donors (Lipinski definition) is 2. The van der Waals surface area contributed by atoms with Crippen molar-refractivity contribution in [2.45, 2.75) is 6.92 Å². The average molecular weight is 306 g/mol. The lowest BCUT2D eigenvalue weighted by molar-refractivity contribution is 0.0697. The van der Waals surface area contributed by atoms with Gasteiger partial charge in [-0.25, -0.2) is 4.79 Å². The number of phenols is 1. The molecule has 2 N–H and O–H groups in total. The van der Waals surface area contributed by atoms with Crippen molar-refractivity contribution >= 4 is 28.1 Å². The van der Waals surface area contributed by atoms with Gasteiger partial charge in [-0.2, -0.15) is 5.11 Å². The summed E-state index contributed by atoms with van der Waals surface area (Å²) >= 11 is 0. The molecule has 3 aromatic rings. The number of phenolic OH excluding ortho intramolecular Hbond substituents is 1. The van der Waals surface area contributed by atoms with Gasteiger partial charge in [-0.1, -0.05) is 29.8 Å². The number of benzene rings is 3. The van der Waals surface area contributed by atoms with Crippen LogP contribution in [0.3, 0.4) is 0 Å². The summed E-state index contributed by atoms with van der Waals surface area (Å²) in [5, 5.41) is 28.7. The second-order valence-corrected chi connectivity index (χ2v) is 5.21. The molecule has 3 rings (SSSR count). The van der Waals surface area contributed by atoms with Crippen molar-refractivity contribution in [3.8, 4) is 5.75 Å². The molecule has 0 bridgehead atoms. The Balaban J connectivity index is 2.07. The number of azo groups is 1. The molecular formula is C18H14N2O3. The Morgan fingerprint density at radius 2 is 1.70 bits per heavy atom. The molecule has 5 heteroatoms. The van der Waals surface area contributed by atoms with Crippen LogP contribution in [0.5, 0.6) is 5.75 Å². The van der Waals surface area contributed by atoms with Gasteiger partial charge in [0.05, 0.1) is 11.3 Å². The minimum Gasteiger partial charge on any atom is -0.506 e. The molecular weight excluding hydrogens is 292 g/mol. The predicted octanol–water partition coefficient (Wildman–Crippen LogP) is 4.97. The van der Waals surface area contributed by atoms with E-state index in [1.807, 2.05) is 31.2 Å². The van der Waals surface area contributed by atoms with Gasteiger partial charge in [-0.15, -0.1) is 5.11 Å². The molecule has 0 aliphatic carbocycles. The second kappa shape index (κ2) is 5.88. The fourth-order valence-corrected chi connectivity index (χ4v) is 2.26. The highest BCUT2D eigenvalue weighted by Crippen LogP contribution is 2.36. The highest BCUT2D eigenvalue weighted by atomic mass is 16.4. The standard InChI is InChI=1S/C18H14N2O3/c1-11-2-6-14(7-3-11)19-20-17-15-8-4-13(18(22)23)10-12(15)5-9-16(17)21/h2-10,21H,1H3,(H,22,23). The Labute approximate surface area is 132 Å². The maximum Gasteiger partial charge on any atom is 0.335 e. The van der Waals surface area contributed by atoms with Crippen LogP contribution in [-0.2, 0) is 0 Å². The minimum atomic E-state index is -0.997. The van der Waals surface area contributed by atoms with Crippen molar-refractivity contribution < 1.29 is 15.0 Å². The zero-order valence-corrected chi connectivity index (χ0v) is 12.4. The summed E-state index contributed by atoms with van der Waals surface area (Å²) in [6.07, 6.45) is 0. The topological polar surface area (TPSA) is 82.2 Å². The molecule has 0 aliphatic heterocycles. The summed E-state index contributed by atoms with van der Waals surface area (Å²) in [6.45, 7) is 1.98. The monoisotopic (exact) mass is 306 g/mol. The lowest BCUT2D eigenvalue weighted by Gasteiger charge is -2.05. The largest absolute Gasteiger partial charge is 0.506 e. The average Bonchev–Trinajstić information content (AvgIpc) is 2.55. The first-order valence-corrected chi connectivity index (χ1v) is 7.02. The van der Waals surface area contributed by atoms with E-state index < -0.39 is 5.97 Å². The Hall–Kier alpha value is -3.21. The minimum absolute atomic E-state index is 0.00330. The maximum atomic E-state index is 11.0. The third-order valence-electron chi connectivity index (χ3n) is 3.52. The second-order valence-electron chi connectivity index (χ2n) is 5.21. The van der Waals surface area contributed by atoms with E-state index in [2.05, 4.69) is 10.2 Å². The van der Waals surface area contributed by atoms with Gasteiger partial charge in [-0.05, 0) is 42.6 Å². The molecule has 0 saturated heterocycles. The van der Waals surface area contributed by atoms with Crippen molar-refractivity contribution in [3.63, 3.8) is 0 Å². The fourth-order valence-electron chi connectivity index (χ4n) is 2.26. The Bertz CT molecular complexity index is 915. The van der Waals surface area contributed by atoms with Gasteiger partial charge in [0.15, 0.2) is 0 Å². The molecule has 0 heterocycles. The van der Waals surface area contributed by atoms with Gasteiger partial charge in [0.2, 0.25) is 0 Å². The molecule has 3 aromatic carbocycles. The summed E-state index contributed by atoms with van der Waals surface area (Å²) in [5.41, 5.74) is 2.30. The Morgan fingerprint density at radius 3 is 2.39 bits per heavy atom. The van der Waals surface area contributed by atoms with Crippen LogP contribution >= 0.6 is 0 Å². The normalized spacial score (nSPS) is 11.2. The smallest absolute Gasteiger partial charge is 0.335 e. The maximum absolute atomic E-state index is 11.0. The number of aromatic hydroxyl groups is 1. The number of carboxylic acids is 1. The number of fused-ring (bicyclic) bond motifs is 1. The number of rotatable bonds is 3. The van der Waals surface area contributed by atoms with Crippen molar-refractivity contribution in [1.82, 2.24) is 0 Å². The first kappa shape index (κ1) is 14.7. The molecule has 0 radical (unpaired) electrons. The number of carboxylic acid groups (broad SMARTS) is 1.